The van der Waals surface area contributed by atoms with Crippen LogP contribution in [0.25, 0.3) is 10.8 Å². The zero-order chi connectivity index (χ0) is 16.1. The summed E-state index contributed by atoms with van der Waals surface area (Å²) >= 11 is 6.48. The van der Waals surface area contributed by atoms with Crippen LogP contribution in [0.3, 0.4) is 0 Å². The molecule has 4 rings (SSSR count). The number of aromatic hydroxyl groups is 2. The van der Waals surface area contributed by atoms with Gasteiger partial charge in [0.25, 0.3) is 0 Å². The normalized spacial score (nSPS) is 12.9. The van der Waals surface area contributed by atoms with E-state index in [4.69, 9.17) is 0 Å². The maximum absolute atomic E-state index is 10.3. The highest BCUT2D eigenvalue weighted by molar-refractivity contribution is 9.11. The van der Waals surface area contributed by atoms with Crippen LogP contribution in [-0.2, 0) is 0 Å². The van der Waals surface area contributed by atoms with Gasteiger partial charge in [-0.05, 0) is 55.4 Å². The fourth-order valence-electron chi connectivity index (χ4n) is 2.70. The van der Waals surface area contributed by atoms with E-state index in [-0.39, 0.29) is 16.0 Å². The molecule has 3 aromatic carbocycles. The van der Waals surface area contributed by atoms with E-state index < -0.39 is 0 Å². The number of amidine groups is 1. The van der Waals surface area contributed by atoms with Gasteiger partial charge in [0.2, 0.25) is 0 Å². The summed E-state index contributed by atoms with van der Waals surface area (Å²) in [6.07, 6.45) is 0. The van der Waals surface area contributed by atoms with Gasteiger partial charge in [-0.1, -0.05) is 24.3 Å². The third-order valence-corrected chi connectivity index (χ3v) is 5.15. The van der Waals surface area contributed by atoms with Crippen LogP contribution in [0.5, 0.6) is 11.5 Å². The van der Waals surface area contributed by atoms with Crippen LogP contribution in [0.1, 0.15) is 5.56 Å². The van der Waals surface area contributed by atoms with Crippen LogP contribution in [-0.4, -0.2) is 16.0 Å². The van der Waals surface area contributed by atoms with Gasteiger partial charge in [-0.25, -0.2) is 4.99 Å². The number of phenolic OH excluding ortho intramolecular Hbond substituents is 2. The van der Waals surface area contributed by atoms with Crippen molar-refractivity contribution in [2.24, 2.45) is 4.99 Å². The van der Waals surface area contributed by atoms with Crippen LogP contribution in [0.15, 0.2) is 56.4 Å². The number of halogens is 2. The van der Waals surface area contributed by atoms with Crippen molar-refractivity contribution in [3.8, 4) is 11.5 Å². The highest BCUT2D eigenvalue weighted by Gasteiger charge is 2.21. The Balaban J connectivity index is 1.96. The van der Waals surface area contributed by atoms with E-state index in [2.05, 4.69) is 42.2 Å². The lowest BCUT2D eigenvalue weighted by molar-refractivity contribution is 0.441. The van der Waals surface area contributed by atoms with E-state index in [1.54, 1.807) is 6.07 Å². The van der Waals surface area contributed by atoms with E-state index in [0.29, 0.717) is 15.9 Å². The van der Waals surface area contributed by atoms with Crippen molar-refractivity contribution in [2.75, 3.05) is 5.32 Å². The number of phenols is 2. The van der Waals surface area contributed by atoms with Gasteiger partial charge in [0, 0.05) is 11.1 Å². The highest BCUT2D eigenvalue weighted by atomic mass is 79.9. The Morgan fingerprint density at radius 1 is 0.957 bits per heavy atom. The number of aliphatic imine (C=N–C) groups is 1. The van der Waals surface area contributed by atoms with E-state index in [0.717, 1.165) is 22.1 Å². The van der Waals surface area contributed by atoms with Crippen molar-refractivity contribution in [1.82, 2.24) is 0 Å². The molecule has 0 aromatic heterocycles. The number of hydrogen-bond donors (Lipinski definition) is 3. The molecule has 0 saturated carbocycles. The molecule has 0 saturated heterocycles. The van der Waals surface area contributed by atoms with Crippen LogP contribution in [0.2, 0.25) is 0 Å². The Morgan fingerprint density at radius 2 is 1.70 bits per heavy atom. The van der Waals surface area contributed by atoms with Gasteiger partial charge in [0.15, 0.2) is 0 Å². The summed E-state index contributed by atoms with van der Waals surface area (Å²) in [7, 11) is 0. The molecule has 0 radical (unpaired) electrons. The Morgan fingerprint density at radius 3 is 2.48 bits per heavy atom. The minimum atomic E-state index is -0.0662. The number of rotatable bonds is 1. The minimum absolute atomic E-state index is 0.0508. The Hall–Kier alpha value is -2.05. The summed E-state index contributed by atoms with van der Waals surface area (Å²) in [4.78, 5) is 4.63. The summed E-state index contributed by atoms with van der Waals surface area (Å²) in [6, 6.07) is 13.5. The van der Waals surface area contributed by atoms with Crippen molar-refractivity contribution < 1.29 is 10.2 Å². The molecule has 1 aliphatic rings. The molecule has 114 valence electrons. The minimum Gasteiger partial charge on any atom is -0.506 e. The smallest absolute Gasteiger partial charge is 0.147 e. The van der Waals surface area contributed by atoms with Crippen molar-refractivity contribution in [2.45, 2.75) is 0 Å². The molecule has 0 fully saturated rings. The van der Waals surface area contributed by atoms with Crippen LogP contribution in [0.4, 0.5) is 11.4 Å². The van der Waals surface area contributed by atoms with E-state index in [9.17, 15) is 10.2 Å². The van der Waals surface area contributed by atoms with Gasteiger partial charge in [-0.3, -0.25) is 0 Å². The second kappa shape index (κ2) is 5.25. The molecular formula is C17H10Br2N2O2. The lowest BCUT2D eigenvalue weighted by Gasteiger charge is -2.20. The quantitative estimate of drug-likeness (QED) is 0.489. The molecule has 1 heterocycles. The predicted octanol–water partition coefficient (Wildman–Crippen LogP) is 5.28. The molecule has 23 heavy (non-hydrogen) atoms. The fourth-order valence-corrected chi connectivity index (χ4v) is 3.82. The molecule has 6 heteroatoms. The molecule has 0 unspecified atom stereocenters. The first-order valence-electron chi connectivity index (χ1n) is 6.84. The first kappa shape index (κ1) is 14.5. The van der Waals surface area contributed by atoms with Gasteiger partial charge in [-0.15, -0.1) is 0 Å². The second-order valence-electron chi connectivity index (χ2n) is 5.18. The summed E-state index contributed by atoms with van der Waals surface area (Å²) in [5, 5.41) is 25.6. The maximum Gasteiger partial charge on any atom is 0.147 e. The number of benzene rings is 3. The highest BCUT2D eigenvalue weighted by Crippen LogP contribution is 2.43. The Labute approximate surface area is 148 Å². The zero-order valence-corrected chi connectivity index (χ0v) is 14.8. The number of nitrogens with one attached hydrogen (secondary N) is 1. The molecular weight excluding hydrogens is 424 g/mol. The van der Waals surface area contributed by atoms with Crippen molar-refractivity contribution in [3.63, 3.8) is 0 Å². The van der Waals surface area contributed by atoms with Gasteiger partial charge in [0.05, 0.1) is 15.7 Å². The average Bonchev–Trinajstić information content (AvgIpc) is 2.56. The van der Waals surface area contributed by atoms with Gasteiger partial charge in [-0.2, -0.15) is 0 Å². The van der Waals surface area contributed by atoms with Crippen molar-refractivity contribution >= 4 is 59.8 Å². The molecule has 3 N–H and O–H groups in total. The van der Waals surface area contributed by atoms with Gasteiger partial charge in [0.1, 0.15) is 21.8 Å². The van der Waals surface area contributed by atoms with Crippen LogP contribution < -0.4 is 5.32 Å². The van der Waals surface area contributed by atoms with E-state index >= 15 is 0 Å². The largest absolute Gasteiger partial charge is 0.506 e. The molecule has 0 bridgehead atoms. The maximum atomic E-state index is 10.3. The number of nitrogens with zero attached hydrogens (tertiary/aromatic N) is 1. The lowest BCUT2D eigenvalue weighted by Crippen LogP contribution is -2.16. The fraction of sp³-hybridized carbons (Fsp3) is 0. The average molecular weight is 434 g/mol. The summed E-state index contributed by atoms with van der Waals surface area (Å²) in [5.41, 5.74) is 2.27. The molecule has 4 nitrogen and oxygen atoms in total. The van der Waals surface area contributed by atoms with Crippen LogP contribution in [0, 0.1) is 0 Å². The summed E-state index contributed by atoms with van der Waals surface area (Å²) < 4.78 is 0.696. The van der Waals surface area contributed by atoms with Gasteiger partial charge < -0.3 is 15.5 Å². The Kier molecular flexibility index (Phi) is 3.32. The monoisotopic (exact) mass is 432 g/mol. The molecule has 1 aliphatic heterocycles. The first-order chi connectivity index (χ1) is 11.1. The third kappa shape index (κ3) is 2.21. The standard InChI is InChI=1S/C17H10Br2N2O2/c18-10-7-9(15(22)14(19)16(10)23)17-20-11-5-1-3-8-4-2-6-12(21-17)13(8)11/h1-7,22-23H,(H,20,21). The van der Waals surface area contributed by atoms with Gasteiger partial charge >= 0.3 is 0 Å². The summed E-state index contributed by atoms with van der Waals surface area (Å²) in [5.74, 6) is 0.406. The molecule has 0 aliphatic carbocycles. The summed E-state index contributed by atoms with van der Waals surface area (Å²) in [6.45, 7) is 0. The predicted molar refractivity (Wildman–Crippen MR) is 98.9 cm³/mol. The Bertz CT molecular complexity index is 994. The molecule has 0 atom stereocenters. The van der Waals surface area contributed by atoms with Crippen LogP contribution >= 0.6 is 31.9 Å². The first-order valence-corrected chi connectivity index (χ1v) is 8.42. The number of hydrogen-bond acceptors (Lipinski definition) is 4. The van der Waals surface area contributed by atoms with Crippen molar-refractivity contribution in [1.29, 1.82) is 0 Å². The van der Waals surface area contributed by atoms with Crippen molar-refractivity contribution in [3.05, 3.63) is 57.0 Å². The van der Waals surface area contributed by atoms with E-state index in [1.807, 2.05) is 36.4 Å². The lowest BCUT2D eigenvalue weighted by atomic mass is 10.0. The molecule has 3 aromatic rings. The number of anilines is 1. The zero-order valence-electron chi connectivity index (χ0n) is 11.6. The second-order valence-corrected chi connectivity index (χ2v) is 6.83. The SMILES string of the molecule is Oc1c(Br)cc(C2=Nc3cccc4cccc(c34)N2)c(O)c1Br. The molecule has 0 amide bonds. The third-order valence-electron chi connectivity index (χ3n) is 3.79. The van der Waals surface area contributed by atoms with E-state index in [1.165, 1.54) is 0 Å². The molecule has 0 spiro atoms. The topological polar surface area (TPSA) is 64.9 Å².